The molecule has 2 rings (SSSR count). The molecule has 4 heteroatoms. The fraction of sp³-hybridized carbons (Fsp3) is 0.538. The average molecular weight is 236 g/mol. The van der Waals surface area contributed by atoms with E-state index in [0.29, 0.717) is 12.1 Å². The average Bonchev–Trinajstić information content (AvgIpc) is 2.22. The molecule has 2 unspecified atom stereocenters. The Balaban J connectivity index is 2.02. The highest BCUT2D eigenvalue weighted by Crippen LogP contribution is 2.25. The summed E-state index contributed by atoms with van der Waals surface area (Å²) >= 11 is 0. The van der Waals surface area contributed by atoms with Crippen LogP contribution in [0, 0.1) is 0 Å². The fourth-order valence-electron chi connectivity index (χ4n) is 2.49. The molecule has 1 saturated heterocycles. The maximum atomic E-state index is 9.45. The molecule has 3 N–H and O–H groups in total. The Kier molecular flexibility index (Phi) is 3.54. The molecule has 17 heavy (non-hydrogen) atoms. The van der Waals surface area contributed by atoms with Crippen molar-refractivity contribution < 1.29 is 10.2 Å². The minimum atomic E-state index is -0.0594. The van der Waals surface area contributed by atoms with Crippen LogP contribution in [0.2, 0.25) is 0 Å². The normalized spacial score (nSPS) is 26.0. The second-order valence-electron chi connectivity index (χ2n) is 4.99. The Morgan fingerprint density at radius 3 is 2.41 bits per heavy atom. The van der Waals surface area contributed by atoms with Gasteiger partial charge in [-0.25, -0.2) is 0 Å². The van der Waals surface area contributed by atoms with Gasteiger partial charge in [0.25, 0.3) is 0 Å². The van der Waals surface area contributed by atoms with Gasteiger partial charge in [-0.2, -0.15) is 0 Å². The Hall–Kier alpha value is -1.26. The van der Waals surface area contributed by atoms with E-state index in [1.165, 1.54) is 0 Å². The lowest BCUT2D eigenvalue weighted by Gasteiger charge is -2.36. The molecule has 0 amide bonds. The van der Waals surface area contributed by atoms with Crippen molar-refractivity contribution in [3.8, 4) is 11.5 Å². The van der Waals surface area contributed by atoms with Crippen molar-refractivity contribution in [2.75, 3.05) is 13.1 Å². The van der Waals surface area contributed by atoms with Crippen molar-refractivity contribution in [1.29, 1.82) is 0 Å². The summed E-state index contributed by atoms with van der Waals surface area (Å²) in [7, 11) is 0. The smallest absolute Gasteiger partial charge is 0.157 e. The Morgan fingerprint density at radius 1 is 1.18 bits per heavy atom. The molecule has 1 aliphatic heterocycles. The number of phenolic OH excluding ortho intramolecular Hbond substituents is 2. The zero-order valence-electron chi connectivity index (χ0n) is 10.3. The molecule has 0 bridgehead atoms. The van der Waals surface area contributed by atoms with Crippen molar-refractivity contribution in [2.45, 2.75) is 32.5 Å². The van der Waals surface area contributed by atoms with Gasteiger partial charge in [0.15, 0.2) is 11.5 Å². The number of benzene rings is 1. The van der Waals surface area contributed by atoms with Crippen LogP contribution in [0.15, 0.2) is 18.2 Å². The molecule has 0 radical (unpaired) electrons. The van der Waals surface area contributed by atoms with E-state index in [2.05, 4.69) is 24.1 Å². The first-order valence-electron chi connectivity index (χ1n) is 6.04. The molecule has 1 aliphatic rings. The summed E-state index contributed by atoms with van der Waals surface area (Å²) in [4.78, 5) is 2.36. The third-order valence-electron chi connectivity index (χ3n) is 3.08. The van der Waals surface area contributed by atoms with Crippen LogP contribution in [0.25, 0.3) is 0 Å². The zero-order chi connectivity index (χ0) is 12.4. The van der Waals surface area contributed by atoms with E-state index in [4.69, 9.17) is 0 Å². The van der Waals surface area contributed by atoms with Gasteiger partial charge in [0.2, 0.25) is 0 Å². The predicted octanol–water partition coefficient (Wildman–Crippen LogP) is 1.28. The van der Waals surface area contributed by atoms with Gasteiger partial charge < -0.3 is 15.5 Å². The fourth-order valence-corrected chi connectivity index (χ4v) is 2.49. The monoisotopic (exact) mass is 236 g/mol. The summed E-state index contributed by atoms with van der Waals surface area (Å²) in [6.45, 7) is 7.18. The summed E-state index contributed by atoms with van der Waals surface area (Å²) in [5.41, 5.74) is 1.03. The first kappa shape index (κ1) is 12.2. The highest BCUT2D eigenvalue weighted by molar-refractivity contribution is 5.40. The number of piperazine rings is 1. The van der Waals surface area contributed by atoms with E-state index in [9.17, 15) is 10.2 Å². The first-order chi connectivity index (χ1) is 8.04. The lowest BCUT2D eigenvalue weighted by molar-refractivity contribution is 0.166. The number of hydrogen-bond donors (Lipinski definition) is 3. The van der Waals surface area contributed by atoms with Gasteiger partial charge in [-0.05, 0) is 31.5 Å². The van der Waals surface area contributed by atoms with Gasteiger partial charge in [-0.15, -0.1) is 0 Å². The van der Waals surface area contributed by atoms with E-state index < -0.39 is 0 Å². The number of nitrogens with one attached hydrogen (secondary N) is 1. The summed E-state index contributed by atoms with van der Waals surface area (Å²) in [5, 5.41) is 22.2. The number of phenols is 2. The quantitative estimate of drug-likeness (QED) is 0.677. The number of aromatic hydroxyl groups is 2. The molecular formula is C13H20N2O2. The van der Waals surface area contributed by atoms with Crippen LogP contribution in [0.3, 0.4) is 0 Å². The van der Waals surface area contributed by atoms with Crippen molar-refractivity contribution in [3.63, 3.8) is 0 Å². The zero-order valence-corrected chi connectivity index (χ0v) is 10.3. The first-order valence-corrected chi connectivity index (χ1v) is 6.04. The number of rotatable bonds is 2. The Morgan fingerprint density at radius 2 is 1.82 bits per heavy atom. The predicted molar refractivity (Wildman–Crippen MR) is 67.1 cm³/mol. The van der Waals surface area contributed by atoms with Crippen LogP contribution in [0.4, 0.5) is 0 Å². The Labute approximate surface area is 102 Å². The SMILES string of the molecule is CC1CN(Cc2ccc(O)c(O)c2)CC(C)N1. The van der Waals surface area contributed by atoms with Gasteiger partial charge >= 0.3 is 0 Å². The molecule has 0 saturated carbocycles. The molecule has 2 atom stereocenters. The maximum absolute atomic E-state index is 9.45. The standard InChI is InChI=1S/C13H20N2O2/c1-9-6-15(7-10(2)14-9)8-11-3-4-12(16)13(17)5-11/h3-5,9-10,14,16-17H,6-8H2,1-2H3. The van der Waals surface area contributed by atoms with Crippen LogP contribution in [-0.2, 0) is 6.54 Å². The maximum Gasteiger partial charge on any atom is 0.157 e. The minimum absolute atomic E-state index is 0.0428. The lowest BCUT2D eigenvalue weighted by atomic mass is 10.1. The van der Waals surface area contributed by atoms with Crippen LogP contribution < -0.4 is 5.32 Å². The van der Waals surface area contributed by atoms with Crippen molar-refractivity contribution in [2.24, 2.45) is 0 Å². The molecular weight excluding hydrogens is 216 g/mol. The number of nitrogens with zero attached hydrogens (tertiary/aromatic N) is 1. The van der Waals surface area contributed by atoms with E-state index >= 15 is 0 Å². The van der Waals surface area contributed by atoms with Crippen LogP contribution >= 0.6 is 0 Å². The number of hydrogen-bond acceptors (Lipinski definition) is 4. The highest BCUT2D eigenvalue weighted by atomic mass is 16.3. The van der Waals surface area contributed by atoms with E-state index in [-0.39, 0.29) is 11.5 Å². The van der Waals surface area contributed by atoms with Crippen LogP contribution in [-0.4, -0.2) is 40.3 Å². The Bertz CT molecular complexity index is 385. The summed E-state index contributed by atoms with van der Waals surface area (Å²) in [5.74, 6) is -0.102. The third kappa shape index (κ3) is 3.11. The summed E-state index contributed by atoms with van der Waals surface area (Å²) < 4.78 is 0. The third-order valence-corrected chi connectivity index (χ3v) is 3.08. The molecule has 0 aliphatic carbocycles. The molecule has 0 spiro atoms. The molecule has 0 aromatic heterocycles. The second kappa shape index (κ2) is 4.94. The minimum Gasteiger partial charge on any atom is -0.504 e. The van der Waals surface area contributed by atoms with Crippen LogP contribution in [0.1, 0.15) is 19.4 Å². The molecule has 94 valence electrons. The van der Waals surface area contributed by atoms with E-state index in [1.807, 2.05) is 6.07 Å². The van der Waals surface area contributed by atoms with Gasteiger partial charge in [-0.3, -0.25) is 4.90 Å². The van der Waals surface area contributed by atoms with Gasteiger partial charge in [-0.1, -0.05) is 6.07 Å². The van der Waals surface area contributed by atoms with Crippen molar-refractivity contribution in [1.82, 2.24) is 10.2 Å². The van der Waals surface area contributed by atoms with Crippen molar-refractivity contribution in [3.05, 3.63) is 23.8 Å². The van der Waals surface area contributed by atoms with Gasteiger partial charge in [0, 0.05) is 31.7 Å². The summed E-state index contributed by atoms with van der Waals surface area (Å²) in [6.07, 6.45) is 0. The van der Waals surface area contributed by atoms with Gasteiger partial charge in [0.05, 0.1) is 0 Å². The largest absolute Gasteiger partial charge is 0.504 e. The molecule has 1 heterocycles. The second-order valence-corrected chi connectivity index (χ2v) is 4.99. The lowest BCUT2D eigenvalue weighted by Crippen LogP contribution is -2.53. The van der Waals surface area contributed by atoms with E-state index in [1.54, 1.807) is 12.1 Å². The highest BCUT2D eigenvalue weighted by Gasteiger charge is 2.20. The molecule has 1 fully saturated rings. The van der Waals surface area contributed by atoms with Crippen LogP contribution in [0.5, 0.6) is 11.5 Å². The molecule has 4 nitrogen and oxygen atoms in total. The van der Waals surface area contributed by atoms with E-state index in [0.717, 1.165) is 25.2 Å². The summed E-state index contributed by atoms with van der Waals surface area (Å²) in [6, 6.07) is 6.01. The molecule has 1 aromatic carbocycles. The van der Waals surface area contributed by atoms with Crippen molar-refractivity contribution >= 4 is 0 Å². The van der Waals surface area contributed by atoms with Gasteiger partial charge in [0.1, 0.15) is 0 Å². The molecule has 1 aromatic rings. The topological polar surface area (TPSA) is 55.7 Å².